The first-order chi connectivity index (χ1) is 12.1. The van der Waals surface area contributed by atoms with E-state index in [9.17, 15) is 4.79 Å². The van der Waals surface area contributed by atoms with Crippen molar-refractivity contribution in [3.8, 4) is 16.3 Å². The van der Waals surface area contributed by atoms with Gasteiger partial charge in [0.25, 0.3) is 5.91 Å². The summed E-state index contributed by atoms with van der Waals surface area (Å²) >= 11 is 13.4. The van der Waals surface area contributed by atoms with Gasteiger partial charge in [-0.3, -0.25) is 9.78 Å². The monoisotopic (exact) mass is 393 g/mol. The molecule has 2 aromatic heterocycles. The maximum Gasteiger partial charge on any atom is 0.258 e. The SMILES string of the molecule is O=C(COc1cc(Cl)ccc1Cl)NCc1csc(-c2cccnc2)n1. The predicted octanol–water partition coefficient (Wildman–Crippen LogP) is 4.21. The molecule has 0 saturated heterocycles. The zero-order valence-corrected chi connectivity index (χ0v) is 15.2. The van der Waals surface area contributed by atoms with Crippen molar-refractivity contribution in [2.75, 3.05) is 6.61 Å². The lowest BCUT2D eigenvalue weighted by molar-refractivity contribution is -0.123. The number of hydrogen-bond acceptors (Lipinski definition) is 5. The van der Waals surface area contributed by atoms with Crippen LogP contribution in [0.1, 0.15) is 5.69 Å². The summed E-state index contributed by atoms with van der Waals surface area (Å²) in [6.07, 6.45) is 3.47. The predicted molar refractivity (Wildman–Crippen MR) is 99.1 cm³/mol. The molecule has 1 amide bonds. The van der Waals surface area contributed by atoms with Crippen LogP contribution in [0.4, 0.5) is 0 Å². The topological polar surface area (TPSA) is 64.1 Å². The largest absolute Gasteiger partial charge is 0.482 e. The van der Waals surface area contributed by atoms with Crippen LogP contribution in [0.5, 0.6) is 5.75 Å². The Morgan fingerprint density at radius 1 is 1.28 bits per heavy atom. The normalized spacial score (nSPS) is 10.5. The summed E-state index contributed by atoms with van der Waals surface area (Å²) in [5, 5.41) is 6.41. The lowest BCUT2D eigenvalue weighted by atomic mass is 10.3. The number of benzene rings is 1. The Bertz CT molecular complexity index is 871. The van der Waals surface area contributed by atoms with Crippen molar-refractivity contribution in [1.82, 2.24) is 15.3 Å². The molecule has 3 aromatic rings. The molecule has 0 unspecified atom stereocenters. The van der Waals surface area contributed by atoms with Crippen molar-refractivity contribution in [3.63, 3.8) is 0 Å². The first kappa shape index (κ1) is 17.7. The highest BCUT2D eigenvalue weighted by atomic mass is 35.5. The zero-order valence-electron chi connectivity index (χ0n) is 12.9. The summed E-state index contributed by atoms with van der Waals surface area (Å²) in [7, 11) is 0. The Hall–Kier alpha value is -2.15. The molecule has 1 N–H and O–H groups in total. The molecule has 0 fully saturated rings. The Morgan fingerprint density at radius 2 is 2.16 bits per heavy atom. The lowest BCUT2D eigenvalue weighted by Crippen LogP contribution is -2.28. The number of nitrogens with one attached hydrogen (secondary N) is 1. The molecule has 2 heterocycles. The molecule has 25 heavy (non-hydrogen) atoms. The molecule has 0 aliphatic rings. The van der Waals surface area contributed by atoms with Gasteiger partial charge in [0.1, 0.15) is 10.8 Å². The van der Waals surface area contributed by atoms with E-state index in [0.717, 1.165) is 16.3 Å². The van der Waals surface area contributed by atoms with Crippen molar-refractivity contribution in [2.45, 2.75) is 6.54 Å². The van der Waals surface area contributed by atoms with Crippen molar-refractivity contribution in [2.24, 2.45) is 0 Å². The van der Waals surface area contributed by atoms with Gasteiger partial charge in [0.15, 0.2) is 6.61 Å². The van der Waals surface area contributed by atoms with Crippen molar-refractivity contribution >= 4 is 40.4 Å². The van der Waals surface area contributed by atoms with E-state index in [-0.39, 0.29) is 12.5 Å². The fourth-order valence-corrected chi connectivity index (χ4v) is 3.13. The van der Waals surface area contributed by atoms with Crippen LogP contribution in [0.25, 0.3) is 10.6 Å². The minimum Gasteiger partial charge on any atom is -0.482 e. The molecule has 0 aliphatic heterocycles. The lowest BCUT2D eigenvalue weighted by Gasteiger charge is -2.08. The average molecular weight is 394 g/mol. The smallest absolute Gasteiger partial charge is 0.258 e. The number of ether oxygens (including phenoxy) is 1. The number of carbonyl (C=O) groups is 1. The maximum atomic E-state index is 11.9. The van der Waals surface area contributed by atoms with E-state index in [1.54, 1.807) is 30.6 Å². The van der Waals surface area contributed by atoms with E-state index >= 15 is 0 Å². The Morgan fingerprint density at radius 3 is 2.96 bits per heavy atom. The van der Waals surface area contributed by atoms with Gasteiger partial charge in [-0.1, -0.05) is 23.2 Å². The van der Waals surface area contributed by atoms with Crippen molar-refractivity contribution < 1.29 is 9.53 Å². The number of hydrogen-bond donors (Lipinski definition) is 1. The minimum absolute atomic E-state index is 0.153. The third-order valence-corrected chi connectivity index (χ3v) is 4.67. The average Bonchev–Trinajstić information content (AvgIpc) is 3.10. The van der Waals surface area contributed by atoms with E-state index in [2.05, 4.69) is 15.3 Å². The molecular formula is C17H13Cl2N3O2S. The minimum atomic E-state index is -0.271. The van der Waals surface area contributed by atoms with Gasteiger partial charge in [-0.25, -0.2) is 4.98 Å². The number of nitrogens with zero attached hydrogens (tertiary/aromatic N) is 2. The third-order valence-electron chi connectivity index (χ3n) is 3.18. The number of amides is 1. The molecule has 0 spiro atoms. The molecule has 5 nitrogen and oxygen atoms in total. The van der Waals surface area contributed by atoms with Crippen LogP contribution in [0.2, 0.25) is 10.0 Å². The van der Waals surface area contributed by atoms with Gasteiger partial charge in [-0.15, -0.1) is 11.3 Å². The van der Waals surface area contributed by atoms with Crippen LogP contribution in [0, 0.1) is 0 Å². The molecular weight excluding hydrogens is 381 g/mol. The summed E-state index contributed by atoms with van der Waals surface area (Å²) in [5.74, 6) is 0.101. The van der Waals surface area contributed by atoms with Gasteiger partial charge in [-0.05, 0) is 24.3 Å². The highest BCUT2D eigenvalue weighted by Gasteiger charge is 2.09. The highest BCUT2D eigenvalue weighted by Crippen LogP contribution is 2.27. The highest BCUT2D eigenvalue weighted by molar-refractivity contribution is 7.13. The van der Waals surface area contributed by atoms with E-state index in [0.29, 0.717) is 22.3 Å². The number of halogens is 2. The number of thiazole rings is 1. The van der Waals surface area contributed by atoms with Gasteiger partial charge in [-0.2, -0.15) is 0 Å². The fourth-order valence-electron chi connectivity index (χ4n) is 1.98. The van der Waals surface area contributed by atoms with Gasteiger partial charge in [0, 0.05) is 34.4 Å². The van der Waals surface area contributed by atoms with Crippen LogP contribution in [-0.4, -0.2) is 22.5 Å². The Balaban J connectivity index is 1.51. The second-order valence-corrected chi connectivity index (χ2v) is 6.73. The first-order valence-corrected chi connectivity index (χ1v) is 8.95. The van der Waals surface area contributed by atoms with Crippen LogP contribution in [0.3, 0.4) is 0 Å². The molecule has 0 radical (unpaired) electrons. The van der Waals surface area contributed by atoms with E-state index < -0.39 is 0 Å². The molecule has 3 rings (SSSR count). The second kappa shape index (κ2) is 8.29. The van der Waals surface area contributed by atoms with Gasteiger partial charge < -0.3 is 10.1 Å². The number of rotatable bonds is 6. The van der Waals surface area contributed by atoms with Crippen LogP contribution in [0.15, 0.2) is 48.1 Å². The van der Waals surface area contributed by atoms with E-state index in [1.807, 2.05) is 17.5 Å². The summed E-state index contributed by atoms with van der Waals surface area (Å²) in [4.78, 5) is 20.5. The second-order valence-electron chi connectivity index (χ2n) is 5.03. The molecule has 128 valence electrons. The fraction of sp³-hybridized carbons (Fsp3) is 0.118. The number of aromatic nitrogens is 2. The molecule has 0 aliphatic carbocycles. The third kappa shape index (κ3) is 4.92. The molecule has 8 heteroatoms. The Kier molecular flexibility index (Phi) is 5.86. The quantitative estimate of drug-likeness (QED) is 0.681. The molecule has 0 saturated carbocycles. The number of carbonyl (C=O) groups excluding carboxylic acids is 1. The number of pyridine rings is 1. The summed E-state index contributed by atoms with van der Waals surface area (Å²) < 4.78 is 5.39. The van der Waals surface area contributed by atoms with Gasteiger partial charge in [0.2, 0.25) is 0 Å². The van der Waals surface area contributed by atoms with Crippen molar-refractivity contribution in [3.05, 3.63) is 63.8 Å². The van der Waals surface area contributed by atoms with Gasteiger partial charge in [0.05, 0.1) is 17.3 Å². The van der Waals surface area contributed by atoms with Crippen LogP contribution in [-0.2, 0) is 11.3 Å². The van der Waals surface area contributed by atoms with Crippen LogP contribution < -0.4 is 10.1 Å². The van der Waals surface area contributed by atoms with Crippen molar-refractivity contribution in [1.29, 1.82) is 0 Å². The zero-order chi connectivity index (χ0) is 17.6. The summed E-state index contributed by atoms with van der Waals surface area (Å²) in [6, 6.07) is 8.64. The molecule has 1 aromatic carbocycles. The first-order valence-electron chi connectivity index (χ1n) is 7.31. The summed E-state index contributed by atoms with van der Waals surface area (Å²) in [5.41, 5.74) is 1.72. The molecule has 0 bridgehead atoms. The van der Waals surface area contributed by atoms with Gasteiger partial charge >= 0.3 is 0 Å². The standard InChI is InChI=1S/C17H13Cl2N3O2S/c18-12-3-4-14(19)15(6-12)24-9-16(23)21-8-13-10-25-17(22-13)11-2-1-5-20-7-11/h1-7,10H,8-9H2,(H,21,23). The maximum absolute atomic E-state index is 11.9. The Labute approximate surface area is 158 Å². The van der Waals surface area contributed by atoms with E-state index in [4.69, 9.17) is 27.9 Å². The van der Waals surface area contributed by atoms with E-state index in [1.165, 1.54) is 11.3 Å². The summed E-state index contributed by atoms with van der Waals surface area (Å²) in [6.45, 7) is 0.169. The molecule has 0 atom stereocenters. The van der Waals surface area contributed by atoms with Crippen LogP contribution >= 0.6 is 34.5 Å².